The van der Waals surface area contributed by atoms with E-state index >= 15 is 0 Å². The van der Waals surface area contributed by atoms with Gasteiger partial charge in [0.05, 0.1) is 32.0 Å². The summed E-state index contributed by atoms with van der Waals surface area (Å²) in [5, 5.41) is 9.32. The summed E-state index contributed by atoms with van der Waals surface area (Å²) < 4.78 is 18.2. The molecular weight excluding hydrogens is 368 g/mol. The van der Waals surface area contributed by atoms with Crippen LogP contribution in [0.2, 0.25) is 0 Å². The summed E-state index contributed by atoms with van der Waals surface area (Å²) in [4.78, 5) is 2.40. The van der Waals surface area contributed by atoms with Gasteiger partial charge >= 0.3 is 0 Å². The molecule has 2 aliphatic heterocycles. The van der Waals surface area contributed by atoms with Crippen LogP contribution in [-0.2, 0) is 27.4 Å². The monoisotopic (exact) mass is 398 g/mol. The number of aliphatic hydroxyl groups is 1. The topological polar surface area (TPSA) is 77.2 Å². The van der Waals surface area contributed by atoms with Crippen LogP contribution in [0, 0.1) is 0 Å². The van der Waals surface area contributed by atoms with Crippen LogP contribution in [0.25, 0.3) is 0 Å². The van der Waals surface area contributed by atoms with E-state index in [-0.39, 0.29) is 18.8 Å². The van der Waals surface area contributed by atoms with Crippen LogP contribution in [0.15, 0.2) is 48.5 Å². The van der Waals surface area contributed by atoms with Gasteiger partial charge in [-0.15, -0.1) is 0 Å². The molecule has 29 heavy (non-hydrogen) atoms. The fourth-order valence-electron chi connectivity index (χ4n) is 3.92. The Morgan fingerprint density at radius 3 is 2.21 bits per heavy atom. The highest BCUT2D eigenvalue weighted by atomic mass is 16.7. The fourth-order valence-corrected chi connectivity index (χ4v) is 3.92. The molecule has 2 aromatic carbocycles. The highest BCUT2D eigenvalue weighted by Crippen LogP contribution is 2.38. The van der Waals surface area contributed by atoms with Crippen molar-refractivity contribution >= 4 is 0 Å². The SMILES string of the molecule is NCc1ccc([C@@H]2O[C@H](CN3CCOCC3)C[C@H](c3ccc(CO)cc3)O2)cc1. The maximum Gasteiger partial charge on any atom is 0.184 e. The summed E-state index contributed by atoms with van der Waals surface area (Å²) in [6.45, 7) is 4.86. The largest absolute Gasteiger partial charge is 0.392 e. The van der Waals surface area contributed by atoms with Gasteiger partial charge < -0.3 is 25.1 Å². The zero-order valence-electron chi connectivity index (χ0n) is 16.7. The molecule has 2 saturated heterocycles. The maximum absolute atomic E-state index is 9.32. The minimum absolute atomic E-state index is 0.0463. The molecule has 0 aliphatic carbocycles. The van der Waals surface area contributed by atoms with Gasteiger partial charge in [0.1, 0.15) is 0 Å². The Hall–Kier alpha value is -1.80. The second-order valence-corrected chi connectivity index (χ2v) is 7.71. The van der Waals surface area contributed by atoms with Crippen LogP contribution < -0.4 is 5.73 Å². The molecule has 6 nitrogen and oxygen atoms in total. The van der Waals surface area contributed by atoms with Crippen molar-refractivity contribution in [1.29, 1.82) is 0 Å². The zero-order valence-corrected chi connectivity index (χ0v) is 16.7. The average molecular weight is 399 g/mol. The van der Waals surface area contributed by atoms with Crippen molar-refractivity contribution < 1.29 is 19.3 Å². The number of benzene rings is 2. The van der Waals surface area contributed by atoms with Crippen molar-refractivity contribution in [3.8, 4) is 0 Å². The summed E-state index contributed by atoms with van der Waals surface area (Å²) in [6.07, 6.45) is 0.405. The molecule has 2 aliphatic rings. The Morgan fingerprint density at radius 2 is 1.55 bits per heavy atom. The van der Waals surface area contributed by atoms with Gasteiger partial charge in [-0.05, 0) is 16.7 Å². The van der Waals surface area contributed by atoms with Crippen LogP contribution in [0.3, 0.4) is 0 Å². The molecule has 0 saturated carbocycles. The maximum atomic E-state index is 9.32. The summed E-state index contributed by atoms with van der Waals surface area (Å²) in [5.41, 5.74) is 9.84. The lowest BCUT2D eigenvalue weighted by Crippen LogP contribution is -2.44. The Bertz CT molecular complexity index is 704. The number of rotatable bonds is 6. The van der Waals surface area contributed by atoms with Crippen molar-refractivity contribution in [1.82, 2.24) is 4.90 Å². The first-order chi connectivity index (χ1) is 14.2. The predicted octanol–water partition coefficient (Wildman–Crippen LogP) is 2.52. The number of ether oxygens (including phenoxy) is 3. The smallest absolute Gasteiger partial charge is 0.184 e. The lowest BCUT2D eigenvalue weighted by molar-refractivity contribution is -0.253. The van der Waals surface area contributed by atoms with E-state index in [1.807, 2.05) is 48.5 Å². The third-order valence-electron chi connectivity index (χ3n) is 5.67. The van der Waals surface area contributed by atoms with E-state index in [0.29, 0.717) is 6.54 Å². The molecule has 2 fully saturated rings. The standard InChI is InChI=1S/C23H30N2O4/c24-14-17-1-7-20(8-2-17)23-28-21(15-25-9-11-27-12-10-25)13-22(29-23)19-5-3-18(16-26)4-6-19/h1-8,21-23,26H,9-16,24H2/t21-,22+,23+/m0/s1. The average Bonchev–Trinajstić information content (AvgIpc) is 2.79. The first kappa shape index (κ1) is 20.5. The molecule has 2 heterocycles. The lowest BCUT2D eigenvalue weighted by atomic mass is 9.99. The molecule has 6 heteroatoms. The summed E-state index contributed by atoms with van der Waals surface area (Å²) >= 11 is 0. The Morgan fingerprint density at radius 1 is 0.897 bits per heavy atom. The second-order valence-electron chi connectivity index (χ2n) is 7.71. The van der Waals surface area contributed by atoms with Crippen LogP contribution in [0.1, 0.15) is 41.1 Å². The molecule has 2 aromatic rings. The molecular formula is C23H30N2O4. The molecule has 0 aromatic heterocycles. The first-order valence-electron chi connectivity index (χ1n) is 10.3. The van der Waals surface area contributed by atoms with Gasteiger partial charge in [-0.25, -0.2) is 0 Å². The molecule has 0 unspecified atom stereocenters. The van der Waals surface area contributed by atoms with Crippen LogP contribution in [-0.4, -0.2) is 49.0 Å². The van der Waals surface area contributed by atoms with Gasteiger partial charge in [-0.2, -0.15) is 0 Å². The number of nitrogens with zero attached hydrogens (tertiary/aromatic N) is 1. The van der Waals surface area contributed by atoms with Gasteiger partial charge in [0, 0.05) is 38.2 Å². The molecule has 156 valence electrons. The van der Waals surface area contributed by atoms with Crippen LogP contribution in [0.4, 0.5) is 0 Å². The minimum Gasteiger partial charge on any atom is -0.392 e. The van der Waals surface area contributed by atoms with Crippen molar-refractivity contribution in [2.75, 3.05) is 32.8 Å². The molecule has 0 spiro atoms. The van der Waals surface area contributed by atoms with Crippen molar-refractivity contribution in [2.24, 2.45) is 5.73 Å². The number of hydrogen-bond donors (Lipinski definition) is 2. The molecule has 0 amide bonds. The van der Waals surface area contributed by atoms with Gasteiger partial charge in [0.25, 0.3) is 0 Å². The Labute approximate surface area is 172 Å². The van der Waals surface area contributed by atoms with E-state index < -0.39 is 6.29 Å². The highest BCUT2D eigenvalue weighted by molar-refractivity contribution is 5.26. The molecule has 4 rings (SSSR count). The van der Waals surface area contributed by atoms with Crippen LogP contribution in [0.5, 0.6) is 0 Å². The molecule has 3 atom stereocenters. The quantitative estimate of drug-likeness (QED) is 0.779. The highest BCUT2D eigenvalue weighted by Gasteiger charge is 2.33. The minimum atomic E-state index is -0.413. The van der Waals surface area contributed by atoms with E-state index in [2.05, 4.69) is 4.90 Å². The fraction of sp³-hybridized carbons (Fsp3) is 0.478. The normalized spacial score (nSPS) is 25.8. The van der Waals surface area contributed by atoms with E-state index in [9.17, 15) is 5.11 Å². The summed E-state index contributed by atoms with van der Waals surface area (Å²) in [6, 6.07) is 16.1. The van der Waals surface area contributed by atoms with E-state index in [1.165, 1.54) is 0 Å². The van der Waals surface area contributed by atoms with Crippen molar-refractivity contribution in [3.63, 3.8) is 0 Å². The number of aliphatic hydroxyl groups excluding tert-OH is 1. The number of hydrogen-bond acceptors (Lipinski definition) is 6. The summed E-state index contributed by atoms with van der Waals surface area (Å²) in [5.74, 6) is 0. The van der Waals surface area contributed by atoms with Gasteiger partial charge in [-0.1, -0.05) is 48.5 Å². The summed E-state index contributed by atoms with van der Waals surface area (Å²) in [7, 11) is 0. The van der Waals surface area contributed by atoms with E-state index in [0.717, 1.165) is 61.5 Å². The molecule has 0 bridgehead atoms. The zero-order chi connectivity index (χ0) is 20.1. The van der Waals surface area contributed by atoms with E-state index in [1.54, 1.807) is 0 Å². The Balaban J connectivity index is 1.53. The predicted molar refractivity (Wildman–Crippen MR) is 110 cm³/mol. The third kappa shape index (κ3) is 5.22. The van der Waals surface area contributed by atoms with E-state index in [4.69, 9.17) is 19.9 Å². The van der Waals surface area contributed by atoms with Gasteiger partial charge in [0.2, 0.25) is 0 Å². The third-order valence-corrected chi connectivity index (χ3v) is 5.67. The number of nitrogens with two attached hydrogens (primary N) is 1. The van der Waals surface area contributed by atoms with Gasteiger partial charge in [0.15, 0.2) is 6.29 Å². The second kappa shape index (κ2) is 9.80. The van der Waals surface area contributed by atoms with Crippen LogP contribution >= 0.6 is 0 Å². The molecule has 3 N–H and O–H groups in total. The van der Waals surface area contributed by atoms with Crippen molar-refractivity contribution in [2.45, 2.75) is 38.1 Å². The molecule has 0 radical (unpaired) electrons. The van der Waals surface area contributed by atoms with Crippen molar-refractivity contribution in [3.05, 3.63) is 70.8 Å². The lowest BCUT2D eigenvalue weighted by Gasteiger charge is -2.39. The number of morpholine rings is 1. The first-order valence-corrected chi connectivity index (χ1v) is 10.3. The Kier molecular flexibility index (Phi) is 6.92. The van der Waals surface area contributed by atoms with Gasteiger partial charge in [-0.3, -0.25) is 4.90 Å².